The SMILES string of the molecule is CC(C)Oc1ccc2cc1OC/N=C(/N)c1ccc(cc1)NC2C(=O)NNC(=O)c1cnccn1.O=C(O)C(F)(F)F. The Bertz CT molecular complexity index is 1430. The standard InChI is InChI=1S/C24H25N7O4.C2HF3O2/c1-14(2)35-19-8-5-16-11-20(19)34-13-28-22(25)15-3-6-17(7-4-15)29-21(16)24(33)31-30-23(32)18-12-26-9-10-27-18;3-2(4,5)1(6)7/h3-12,14,21,29H,13H2,1-2H3,(H2,25,28)(H,30,32)(H,31,33);(H,6,7). The number of benzene rings is 2. The normalized spacial score (nSPS) is 15.5. The molecule has 4 bridgehead atoms. The Morgan fingerprint density at radius 3 is 2.40 bits per heavy atom. The monoisotopic (exact) mass is 589 g/mol. The topological polar surface area (TPSA) is 190 Å². The fraction of sp³-hybridized carbons (Fsp3) is 0.231. The predicted molar refractivity (Wildman–Crippen MR) is 143 cm³/mol. The van der Waals surface area contributed by atoms with Crippen LogP contribution in [0, 0.1) is 0 Å². The summed E-state index contributed by atoms with van der Waals surface area (Å²) in [5.74, 6) is -2.65. The number of halogens is 3. The van der Waals surface area contributed by atoms with Crippen molar-refractivity contribution in [2.24, 2.45) is 10.7 Å². The van der Waals surface area contributed by atoms with Gasteiger partial charge in [0.25, 0.3) is 11.8 Å². The molecule has 222 valence electrons. The number of carbonyl (C=O) groups is 3. The number of hydrogen-bond donors (Lipinski definition) is 5. The number of nitrogens with two attached hydrogens (primary N) is 1. The molecule has 1 aromatic heterocycles. The molecular weight excluding hydrogens is 563 g/mol. The number of rotatable bonds is 4. The third-order valence-electron chi connectivity index (χ3n) is 5.21. The maximum absolute atomic E-state index is 13.2. The third kappa shape index (κ3) is 8.80. The van der Waals surface area contributed by atoms with Crippen molar-refractivity contribution in [3.8, 4) is 11.5 Å². The number of carboxylic acids is 1. The highest BCUT2D eigenvalue weighted by atomic mass is 19.4. The zero-order valence-corrected chi connectivity index (χ0v) is 22.2. The molecule has 2 aromatic carbocycles. The van der Waals surface area contributed by atoms with Gasteiger partial charge in [-0.25, -0.2) is 14.8 Å². The minimum Gasteiger partial charge on any atom is -0.487 e. The second-order valence-electron chi connectivity index (χ2n) is 8.68. The van der Waals surface area contributed by atoms with Crippen molar-refractivity contribution < 1.29 is 42.1 Å². The van der Waals surface area contributed by atoms with Gasteiger partial charge in [-0.2, -0.15) is 13.2 Å². The number of fused-ring (bicyclic) bond motifs is 5. The van der Waals surface area contributed by atoms with E-state index in [0.717, 1.165) is 0 Å². The van der Waals surface area contributed by atoms with Gasteiger partial charge in [-0.05, 0) is 55.8 Å². The van der Waals surface area contributed by atoms with Crippen molar-refractivity contribution in [2.45, 2.75) is 32.2 Å². The fourth-order valence-corrected chi connectivity index (χ4v) is 3.31. The summed E-state index contributed by atoms with van der Waals surface area (Å²) < 4.78 is 43.4. The van der Waals surface area contributed by atoms with E-state index in [1.165, 1.54) is 18.6 Å². The van der Waals surface area contributed by atoms with Crippen LogP contribution < -0.4 is 31.4 Å². The van der Waals surface area contributed by atoms with E-state index in [4.69, 9.17) is 25.1 Å². The molecule has 1 atom stereocenters. The third-order valence-corrected chi connectivity index (χ3v) is 5.21. The predicted octanol–water partition coefficient (Wildman–Crippen LogP) is 2.57. The van der Waals surface area contributed by atoms with Crippen LogP contribution in [0.5, 0.6) is 11.5 Å². The van der Waals surface area contributed by atoms with Gasteiger partial charge >= 0.3 is 12.1 Å². The van der Waals surface area contributed by atoms with E-state index >= 15 is 0 Å². The number of amides is 2. The average molecular weight is 590 g/mol. The Labute approximate surface area is 236 Å². The maximum atomic E-state index is 13.2. The van der Waals surface area contributed by atoms with Crippen molar-refractivity contribution in [1.82, 2.24) is 20.8 Å². The molecule has 42 heavy (non-hydrogen) atoms. The highest BCUT2D eigenvalue weighted by Gasteiger charge is 2.38. The van der Waals surface area contributed by atoms with Gasteiger partial charge in [0.05, 0.1) is 12.3 Å². The number of aliphatic carboxylic acids is 1. The van der Waals surface area contributed by atoms with Crippen LogP contribution in [0.15, 0.2) is 66.0 Å². The summed E-state index contributed by atoms with van der Waals surface area (Å²) >= 11 is 0. The Balaban J connectivity index is 0.000000616. The average Bonchev–Trinajstić information content (AvgIpc) is 2.96. The molecule has 0 saturated heterocycles. The molecule has 0 radical (unpaired) electrons. The van der Waals surface area contributed by atoms with Crippen LogP contribution in [0.25, 0.3) is 0 Å². The number of aromatic nitrogens is 2. The zero-order chi connectivity index (χ0) is 30.9. The number of carboxylic acid groups (broad SMARTS) is 1. The smallest absolute Gasteiger partial charge is 0.487 e. The number of ether oxygens (including phenoxy) is 2. The first-order valence-electron chi connectivity index (χ1n) is 12.1. The van der Waals surface area contributed by atoms with Crippen LogP contribution >= 0.6 is 0 Å². The lowest BCUT2D eigenvalue weighted by atomic mass is 10.0. The Morgan fingerprint density at radius 1 is 1.12 bits per heavy atom. The van der Waals surface area contributed by atoms with E-state index in [1.54, 1.807) is 42.5 Å². The lowest BCUT2D eigenvalue weighted by molar-refractivity contribution is -0.192. The molecule has 0 saturated carbocycles. The van der Waals surface area contributed by atoms with Gasteiger partial charge < -0.3 is 25.6 Å². The molecular formula is C26H26F3N7O6. The van der Waals surface area contributed by atoms with E-state index in [0.29, 0.717) is 34.1 Å². The van der Waals surface area contributed by atoms with Gasteiger partial charge in [0.1, 0.15) is 17.6 Å². The van der Waals surface area contributed by atoms with Crippen molar-refractivity contribution >= 4 is 29.3 Å². The van der Waals surface area contributed by atoms with Gasteiger partial charge in [-0.1, -0.05) is 6.07 Å². The molecule has 0 spiro atoms. The molecule has 2 aliphatic heterocycles. The molecule has 2 amide bonds. The summed E-state index contributed by atoms with van der Waals surface area (Å²) in [5.41, 5.74) is 12.9. The number of nitrogens with one attached hydrogen (secondary N) is 3. The lowest BCUT2D eigenvalue weighted by Crippen LogP contribution is -2.45. The molecule has 3 aromatic rings. The zero-order valence-electron chi connectivity index (χ0n) is 22.2. The first-order valence-corrected chi connectivity index (χ1v) is 12.1. The highest BCUT2D eigenvalue weighted by Crippen LogP contribution is 2.33. The minimum absolute atomic E-state index is 0.0377. The highest BCUT2D eigenvalue weighted by molar-refractivity contribution is 5.98. The van der Waals surface area contributed by atoms with Gasteiger partial charge in [0.2, 0.25) is 0 Å². The van der Waals surface area contributed by atoms with Gasteiger partial charge in [0.15, 0.2) is 18.2 Å². The number of hydrogen-bond acceptors (Lipinski definition) is 10. The van der Waals surface area contributed by atoms with Crippen molar-refractivity contribution in [2.75, 3.05) is 12.0 Å². The first-order chi connectivity index (χ1) is 19.8. The number of nitrogens with zero attached hydrogens (tertiary/aromatic N) is 3. The summed E-state index contributed by atoms with van der Waals surface area (Å²) in [5, 5.41) is 10.3. The van der Waals surface area contributed by atoms with E-state index < -0.39 is 30.0 Å². The van der Waals surface area contributed by atoms with Crippen LogP contribution in [-0.2, 0) is 9.59 Å². The summed E-state index contributed by atoms with van der Waals surface area (Å²) in [6.07, 6.45) is -1.05. The molecule has 16 heteroatoms. The van der Waals surface area contributed by atoms with Gasteiger partial charge in [0, 0.05) is 23.6 Å². The number of amidine groups is 1. The van der Waals surface area contributed by atoms with E-state index in [1.807, 2.05) is 13.8 Å². The summed E-state index contributed by atoms with van der Waals surface area (Å²) in [4.78, 5) is 46.5. The van der Waals surface area contributed by atoms with E-state index in [2.05, 4.69) is 31.1 Å². The number of hydrazine groups is 1. The van der Waals surface area contributed by atoms with Crippen LogP contribution in [0.2, 0.25) is 0 Å². The molecule has 5 rings (SSSR count). The Kier molecular flexibility index (Phi) is 10.2. The quantitative estimate of drug-likeness (QED) is 0.283. The number of anilines is 1. The number of alkyl halides is 3. The van der Waals surface area contributed by atoms with Crippen molar-refractivity contribution in [3.05, 3.63) is 77.9 Å². The molecule has 13 nitrogen and oxygen atoms in total. The fourth-order valence-electron chi connectivity index (χ4n) is 3.31. The lowest BCUT2D eigenvalue weighted by Gasteiger charge is -2.22. The summed E-state index contributed by atoms with van der Waals surface area (Å²) in [6.45, 7) is 3.76. The number of aliphatic imine (C=N–C) groups is 1. The number of carbonyl (C=O) groups excluding carboxylic acids is 2. The minimum atomic E-state index is -5.08. The van der Waals surface area contributed by atoms with Gasteiger partial charge in [-0.15, -0.1) is 0 Å². The molecule has 0 fully saturated rings. The molecule has 2 aliphatic rings. The molecule has 3 heterocycles. The van der Waals surface area contributed by atoms with Crippen molar-refractivity contribution in [3.63, 3.8) is 0 Å². The summed E-state index contributed by atoms with van der Waals surface area (Å²) in [6, 6.07) is 11.4. The van der Waals surface area contributed by atoms with Crippen LogP contribution in [0.4, 0.5) is 18.9 Å². The molecule has 0 aliphatic carbocycles. The van der Waals surface area contributed by atoms with Crippen LogP contribution in [0.1, 0.15) is 41.5 Å². The van der Waals surface area contributed by atoms with Crippen LogP contribution in [0.3, 0.4) is 0 Å². The van der Waals surface area contributed by atoms with E-state index in [-0.39, 0.29) is 18.5 Å². The van der Waals surface area contributed by atoms with E-state index in [9.17, 15) is 22.8 Å². The Hall–Kier alpha value is -5.41. The van der Waals surface area contributed by atoms with Crippen LogP contribution in [-0.4, -0.2) is 57.7 Å². The molecule has 6 N–H and O–H groups in total. The summed E-state index contributed by atoms with van der Waals surface area (Å²) in [7, 11) is 0. The largest absolute Gasteiger partial charge is 0.490 e. The maximum Gasteiger partial charge on any atom is 0.490 e. The first kappa shape index (κ1) is 31.1. The van der Waals surface area contributed by atoms with Crippen molar-refractivity contribution in [1.29, 1.82) is 0 Å². The second-order valence-corrected chi connectivity index (χ2v) is 8.68. The Morgan fingerprint density at radius 2 is 1.81 bits per heavy atom. The molecule has 1 unspecified atom stereocenters. The second kappa shape index (κ2) is 13.8. The van der Waals surface area contributed by atoms with Gasteiger partial charge in [-0.3, -0.25) is 25.4 Å².